The lowest BCUT2D eigenvalue weighted by atomic mass is 9.96. The number of benzene rings is 1. The topological polar surface area (TPSA) is 27.7 Å². The molecule has 0 aromatic heterocycles. The van der Waals surface area contributed by atoms with Crippen molar-refractivity contribution in [1.29, 1.82) is 0 Å². The van der Waals surface area contributed by atoms with Crippen LogP contribution in [0.5, 0.6) is 11.5 Å². The molecular formula is C18H26O3. The number of hydrogen-bond acceptors (Lipinski definition) is 3. The summed E-state index contributed by atoms with van der Waals surface area (Å²) in [5, 5.41) is 0. The molecule has 0 N–H and O–H groups in total. The highest BCUT2D eigenvalue weighted by Gasteiger charge is 2.19. The molecule has 1 aromatic carbocycles. The highest BCUT2D eigenvalue weighted by atomic mass is 16.7. The summed E-state index contributed by atoms with van der Waals surface area (Å²) in [6.45, 7) is 11.2. The fourth-order valence-electron chi connectivity index (χ4n) is 2.35. The van der Waals surface area contributed by atoms with Gasteiger partial charge in [0.05, 0.1) is 12.2 Å². The number of rotatable bonds is 8. The molecule has 1 aromatic rings. The first-order chi connectivity index (χ1) is 10.00. The predicted molar refractivity (Wildman–Crippen MR) is 84.6 cm³/mol. The minimum absolute atomic E-state index is 0.114. The SMILES string of the molecule is C=CC(C)CCCC(C)(C)OCc1ccc2c(c1)OCO2. The number of allylic oxidation sites excluding steroid dienone is 1. The molecule has 21 heavy (non-hydrogen) atoms. The Kier molecular flexibility index (Phi) is 5.29. The zero-order chi connectivity index (χ0) is 15.3. The fraction of sp³-hybridized carbons (Fsp3) is 0.556. The van der Waals surface area contributed by atoms with E-state index < -0.39 is 0 Å². The highest BCUT2D eigenvalue weighted by Crippen LogP contribution is 2.33. The monoisotopic (exact) mass is 290 g/mol. The van der Waals surface area contributed by atoms with Crippen LogP contribution in [0.2, 0.25) is 0 Å². The van der Waals surface area contributed by atoms with Gasteiger partial charge in [-0.1, -0.05) is 25.5 Å². The molecule has 1 aliphatic heterocycles. The van der Waals surface area contributed by atoms with Crippen LogP contribution in [0, 0.1) is 5.92 Å². The van der Waals surface area contributed by atoms with Crippen molar-refractivity contribution in [3.8, 4) is 11.5 Å². The lowest BCUT2D eigenvalue weighted by molar-refractivity contribution is -0.0367. The van der Waals surface area contributed by atoms with E-state index in [2.05, 4.69) is 27.4 Å². The summed E-state index contributed by atoms with van der Waals surface area (Å²) in [6.07, 6.45) is 5.39. The van der Waals surface area contributed by atoms with Crippen LogP contribution in [0.3, 0.4) is 0 Å². The van der Waals surface area contributed by atoms with Crippen molar-refractivity contribution < 1.29 is 14.2 Å². The second-order valence-corrected chi connectivity index (χ2v) is 6.34. The van der Waals surface area contributed by atoms with Gasteiger partial charge >= 0.3 is 0 Å². The van der Waals surface area contributed by atoms with E-state index in [1.807, 2.05) is 24.3 Å². The molecule has 1 unspecified atom stereocenters. The Morgan fingerprint density at radius 3 is 2.86 bits per heavy atom. The zero-order valence-corrected chi connectivity index (χ0v) is 13.4. The van der Waals surface area contributed by atoms with Gasteiger partial charge in [0.15, 0.2) is 11.5 Å². The molecule has 1 atom stereocenters. The van der Waals surface area contributed by atoms with Crippen LogP contribution < -0.4 is 9.47 Å². The number of ether oxygens (including phenoxy) is 3. The molecule has 0 fully saturated rings. The average molecular weight is 290 g/mol. The summed E-state index contributed by atoms with van der Waals surface area (Å²) < 4.78 is 16.8. The minimum Gasteiger partial charge on any atom is -0.454 e. The molecule has 3 nitrogen and oxygen atoms in total. The van der Waals surface area contributed by atoms with Crippen LogP contribution in [0.25, 0.3) is 0 Å². The second kappa shape index (κ2) is 6.99. The van der Waals surface area contributed by atoms with Crippen LogP contribution in [0.15, 0.2) is 30.9 Å². The third-order valence-electron chi connectivity index (χ3n) is 3.91. The maximum atomic E-state index is 6.07. The molecule has 0 bridgehead atoms. The van der Waals surface area contributed by atoms with Crippen molar-refractivity contribution in [2.24, 2.45) is 5.92 Å². The Morgan fingerprint density at radius 1 is 1.33 bits per heavy atom. The second-order valence-electron chi connectivity index (χ2n) is 6.34. The van der Waals surface area contributed by atoms with Crippen molar-refractivity contribution in [3.63, 3.8) is 0 Å². The van der Waals surface area contributed by atoms with Crippen molar-refractivity contribution in [2.45, 2.75) is 52.2 Å². The summed E-state index contributed by atoms with van der Waals surface area (Å²) in [5.41, 5.74) is 1.00. The molecule has 1 heterocycles. The number of hydrogen-bond donors (Lipinski definition) is 0. The van der Waals surface area contributed by atoms with Gasteiger partial charge in [-0.3, -0.25) is 0 Å². The van der Waals surface area contributed by atoms with E-state index in [0.717, 1.165) is 29.9 Å². The van der Waals surface area contributed by atoms with Gasteiger partial charge < -0.3 is 14.2 Å². The molecule has 0 aliphatic carbocycles. The quantitative estimate of drug-likeness (QED) is 0.649. The minimum atomic E-state index is -0.114. The summed E-state index contributed by atoms with van der Waals surface area (Å²) in [5.74, 6) is 2.21. The van der Waals surface area contributed by atoms with Gasteiger partial charge in [0.2, 0.25) is 6.79 Å². The standard InChI is InChI=1S/C18H26O3/c1-5-14(2)7-6-10-18(3,4)21-12-15-8-9-16-17(11-15)20-13-19-16/h5,8-9,11,14H,1,6-7,10,12-13H2,2-4H3. The normalized spacial score (nSPS) is 15.0. The summed E-state index contributed by atoms with van der Waals surface area (Å²) >= 11 is 0. The summed E-state index contributed by atoms with van der Waals surface area (Å²) in [4.78, 5) is 0. The van der Waals surface area contributed by atoms with Crippen molar-refractivity contribution in [3.05, 3.63) is 36.4 Å². The Bertz CT molecular complexity index is 479. The van der Waals surface area contributed by atoms with Crippen molar-refractivity contribution in [2.75, 3.05) is 6.79 Å². The molecular weight excluding hydrogens is 264 g/mol. The van der Waals surface area contributed by atoms with E-state index in [1.54, 1.807) is 0 Å². The highest BCUT2D eigenvalue weighted by molar-refractivity contribution is 5.44. The Morgan fingerprint density at radius 2 is 2.10 bits per heavy atom. The maximum absolute atomic E-state index is 6.07. The molecule has 2 rings (SSSR count). The smallest absolute Gasteiger partial charge is 0.231 e. The first-order valence-corrected chi connectivity index (χ1v) is 7.65. The van der Waals surface area contributed by atoms with E-state index in [1.165, 1.54) is 6.42 Å². The van der Waals surface area contributed by atoms with E-state index >= 15 is 0 Å². The maximum Gasteiger partial charge on any atom is 0.231 e. The third-order valence-corrected chi connectivity index (χ3v) is 3.91. The van der Waals surface area contributed by atoms with Gasteiger partial charge in [-0.2, -0.15) is 0 Å². The molecule has 0 saturated carbocycles. The van der Waals surface area contributed by atoms with Crippen LogP contribution in [0.4, 0.5) is 0 Å². The lowest BCUT2D eigenvalue weighted by Gasteiger charge is -2.26. The largest absolute Gasteiger partial charge is 0.454 e. The third kappa shape index (κ3) is 4.78. The van der Waals surface area contributed by atoms with E-state index in [9.17, 15) is 0 Å². The molecule has 0 amide bonds. The Balaban J connectivity index is 1.79. The Labute approximate surface area is 127 Å². The van der Waals surface area contributed by atoms with Gasteiger partial charge in [-0.05, 0) is 50.3 Å². The van der Waals surface area contributed by atoms with Crippen molar-refractivity contribution >= 4 is 0 Å². The molecule has 0 spiro atoms. The van der Waals surface area contributed by atoms with E-state index in [4.69, 9.17) is 14.2 Å². The molecule has 116 valence electrons. The Hall–Kier alpha value is -1.48. The lowest BCUT2D eigenvalue weighted by Crippen LogP contribution is -2.24. The first kappa shape index (κ1) is 15.9. The van der Waals surface area contributed by atoms with Crippen LogP contribution in [-0.4, -0.2) is 12.4 Å². The van der Waals surface area contributed by atoms with Crippen LogP contribution >= 0.6 is 0 Å². The molecule has 3 heteroatoms. The van der Waals surface area contributed by atoms with Gasteiger partial charge in [0.25, 0.3) is 0 Å². The van der Waals surface area contributed by atoms with Crippen LogP contribution in [-0.2, 0) is 11.3 Å². The predicted octanol–water partition coefficient (Wildman–Crippen LogP) is 4.70. The summed E-state index contributed by atoms with van der Waals surface area (Å²) in [6, 6.07) is 5.97. The molecule has 1 aliphatic rings. The zero-order valence-electron chi connectivity index (χ0n) is 13.4. The van der Waals surface area contributed by atoms with Gasteiger partial charge in [0.1, 0.15) is 0 Å². The number of fused-ring (bicyclic) bond motifs is 1. The van der Waals surface area contributed by atoms with Crippen molar-refractivity contribution in [1.82, 2.24) is 0 Å². The van der Waals surface area contributed by atoms with E-state index in [-0.39, 0.29) is 5.60 Å². The van der Waals surface area contributed by atoms with Gasteiger partial charge in [-0.25, -0.2) is 0 Å². The first-order valence-electron chi connectivity index (χ1n) is 7.65. The summed E-state index contributed by atoms with van der Waals surface area (Å²) in [7, 11) is 0. The molecule has 0 saturated heterocycles. The van der Waals surface area contributed by atoms with E-state index in [0.29, 0.717) is 19.3 Å². The average Bonchev–Trinajstić information content (AvgIpc) is 2.92. The van der Waals surface area contributed by atoms with Crippen LogP contribution in [0.1, 0.15) is 45.6 Å². The van der Waals surface area contributed by atoms with Gasteiger partial charge in [-0.15, -0.1) is 6.58 Å². The molecule has 0 radical (unpaired) electrons. The fourth-order valence-corrected chi connectivity index (χ4v) is 2.35. The van der Waals surface area contributed by atoms with Gasteiger partial charge in [0, 0.05) is 0 Å².